The molecule has 0 bridgehead atoms. The summed E-state index contributed by atoms with van der Waals surface area (Å²) in [5.74, 6) is -0.757. The summed E-state index contributed by atoms with van der Waals surface area (Å²) in [5.41, 5.74) is 3.52. The normalized spacial score (nSPS) is 18.9. The van der Waals surface area contributed by atoms with E-state index in [0.29, 0.717) is 29.1 Å². The van der Waals surface area contributed by atoms with Gasteiger partial charge in [0.25, 0.3) is 5.56 Å². The third-order valence-corrected chi connectivity index (χ3v) is 8.13. The van der Waals surface area contributed by atoms with Gasteiger partial charge in [-0.15, -0.1) is 0 Å². The maximum atomic E-state index is 13.7. The SMILES string of the molecule is CC[C@@]1(O)C(=O)OCc2c1cc1n(c2=O)Cc2c-1nc1cccc3c1c2N(CCCc1ccccc1)C(=O)N3. The number of fused-ring (bicyclic) bond motifs is 5. The third-order valence-electron chi connectivity index (χ3n) is 8.13. The lowest BCUT2D eigenvalue weighted by Crippen LogP contribution is -2.44. The van der Waals surface area contributed by atoms with Crippen molar-refractivity contribution in [3.8, 4) is 11.4 Å². The Hall–Kier alpha value is -4.50. The van der Waals surface area contributed by atoms with Gasteiger partial charge < -0.3 is 19.7 Å². The van der Waals surface area contributed by atoms with Gasteiger partial charge in [0.2, 0.25) is 0 Å². The lowest BCUT2D eigenvalue weighted by atomic mass is 9.86. The molecule has 4 aromatic rings. The Balaban J connectivity index is 1.39. The first-order valence-corrected chi connectivity index (χ1v) is 13.2. The van der Waals surface area contributed by atoms with Crippen molar-refractivity contribution in [2.24, 2.45) is 0 Å². The molecule has 0 saturated heterocycles. The second-order valence-electron chi connectivity index (χ2n) is 10.3. The molecule has 2 amide bonds. The molecule has 2 aromatic carbocycles. The summed E-state index contributed by atoms with van der Waals surface area (Å²) >= 11 is 0. The molecule has 39 heavy (non-hydrogen) atoms. The van der Waals surface area contributed by atoms with E-state index in [1.165, 1.54) is 5.56 Å². The van der Waals surface area contributed by atoms with E-state index in [-0.39, 0.29) is 42.3 Å². The van der Waals surface area contributed by atoms with Crippen molar-refractivity contribution in [1.29, 1.82) is 0 Å². The van der Waals surface area contributed by atoms with Crippen molar-refractivity contribution in [3.05, 3.63) is 87.2 Å². The number of aliphatic hydroxyl groups is 1. The highest BCUT2D eigenvalue weighted by atomic mass is 16.6. The van der Waals surface area contributed by atoms with Crippen LogP contribution in [0.15, 0.2) is 59.4 Å². The Morgan fingerprint density at radius 2 is 1.90 bits per heavy atom. The average Bonchev–Trinajstić information content (AvgIpc) is 3.32. The van der Waals surface area contributed by atoms with Crippen molar-refractivity contribution in [1.82, 2.24) is 9.55 Å². The Morgan fingerprint density at radius 1 is 1.08 bits per heavy atom. The molecule has 196 valence electrons. The van der Waals surface area contributed by atoms with Gasteiger partial charge in [0, 0.05) is 23.1 Å². The number of hydrogen-bond acceptors (Lipinski definition) is 6. The predicted octanol–water partition coefficient (Wildman–Crippen LogP) is 4.06. The van der Waals surface area contributed by atoms with Crippen molar-refractivity contribution < 1.29 is 19.4 Å². The van der Waals surface area contributed by atoms with E-state index in [2.05, 4.69) is 17.4 Å². The van der Waals surface area contributed by atoms with Gasteiger partial charge in [-0.1, -0.05) is 43.3 Å². The molecule has 7 rings (SSSR count). The van der Waals surface area contributed by atoms with Crippen LogP contribution in [0.3, 0.4) is 0 Å². The number of carbonyl (C=O) groups excluding carboxylic acids is 2. The summed E-state index contributed by atoms with van der Waals surface area (Å²) in [6, 6.07) is 17.2. The molecule has 2 N–H and O–H groups in total. The monoisotopic (exact) mass is 522 g/mol. The van der Waals surface area contributed by atoms with Crippen LogP contribution in [0.1, 0.15) is 42.0 Å². The summed E-state index contributed by atoms with van der Waals surface area (Å²) in [7, 11) is 0. The zero-order valence-electron chi connectivity index (χ0n) is 21.4. The minimum absolute atomic E-state index is 0.0731. The number of esters is 1. The lowest BCUT2D eigenvalue weighted by molar-refractivity contribution is -0.172. The van der Waals surface area contributed by atoms with E-state index < -0.39 is 11.6 Å². The molecule has 3 aliphatic rings. The molecule has 9 heteroatoms. The van der Waals surface area contributed by atoms with E-state index in [1.807, 2.05) is 36.4 Å². The number of pyridine rings is 2. The first-order valence-electron chi connectivity index (χ1n) is 13.2. The zero-order chi connectivity index (χ0) is 26.9. The van der Waals surface area contributed by atoms with Crippen LogP contribution >= 0.6 is 0 Å². The Labute approximate surface area is 223 Å². The van der Waals surface area contributed by atoms with Crippen LogP contribution in [-0.2, 0) is 34.7 Å². The molecule has 5 heterocycles. The van der Waals surface area contributed by atoms with Crippen LogP contribution in [0.4, 0.5) is 16.2 Å². The van der Waals surface area contributed by atoms with Crippen molar-refractivity contribution in [3.63, 3.8) is 0 Å². The second-order valence-corrected chi connectivity index (χ2v) is 10.3. The van der Waals surface area contributed by atoms with Crippen LogP contribution < -0.4 is 15.8 Å². The van der Waals surface area contributed by atoms with Gasteiger partial charge in [0.05, 0.1) is 40.4 Å². The van der Waals surface area contributed by atoms with Crippen LogP contribution in [0.25, 0.3) is 22.3 Å². The zero-order valence-corrected chi connectivity index (χ0v) is 21.4. The number of aromatic nitrogens is 2. The minimum Gasteiger partial charge on any atom is -0.458 e. The molecule has 0 unspecified atom stereocenters. The molecule has 2 aromatic heterocycles. The number of carbonyl (C=O) groups is 2. The Morgan fingerprint density at radius 3 is 2.69 bits per heavy atom. The molecule has 1 atom stereocenters. The number of nitrogens with one attached hydrogen (secondary N) is 1. The predicted molar refractivity (Wildman–Crippen MR) is 146 cm³/mol. The maximum absolute atomic E-state index is 13.7. The van der Waals surface area contributed by atoms with Gasteiger partial charge in [0.1, 0.15) is 6.61 Å². The fourth-order valence-electron chi connectivity index (χ4n) is 6.09. The van der Waals surface area contributed by atoms with Crippen molar-refractivity contribution >= 4 is 34.3 Å². The topological polar surface area (TPSA) is 114 Å². The van der Waals surface area contributed by atoms with E-state index in [9.17, 15) is 19.5 Å². The quantitative estimate of drug-likeness (QED) is 0.337. The molecular formula is C30H26N4O5. The Bertz CT molecular complexity index is 1760. The number of ether oxygens (including phenoxy) is 1. The largest absolute Gasteiger partial charge is 0.458 e. The Kier molecular flexibility index (Phi) is 5.15. The molecule has 0 spiro atoms. The first kappa shape index (κ1) is 23.6. The summed E-state index contributed by atoms with van der Waals surface area (Å²) < 4.78 is 6.80. The highest BCUT2D eigenvalue weighted by molar-refractivity contribution is 6.19. The molecular weight excluding hydrogens is 496 g/mol. The summed E-state index contributed by atoms with van der Waals surface area (Å²) in [4.78, 5) is 46.3. The number of benzene rings is 2. The number of cyclic esters (lactones) is 1. The van der Waals surface area contributed by atoms with Crippen LogP contribution in [-0.4, -0.2) is 33.2 Å². The third kappa shape index (κ3) is 3.36. The van der Waals surface area contributed by atoms with Gasteiger partial charge in [0.15, 0.2) is 5.60 Å². The molecule has 3 aliphatic heterocycles. The highest BCUT2D eigenvalue weighted by Gasteiger charge is 2.46. The second kappa shape index (κ2) is 8.51. The number of aryl methyl sites for hydroxylation is 1. The summed E-state index contributed by atoms with van der Waals surface area (Å²) in [5, 5.41) is 15.0. The lowest BCUT2D eigenvalue weighted by Gasteiger charge is -2.31. The number of hydrogen-bond donors (Lipinski definition) is 2. The van der Waals surface area contributed by atoms with Gasteiger partial charge in [-0.25, -0.2) is 14.6 Å². The minimum atomic E-state index is -1.90. The molecule has 0 radical (unpaired) electrons. The number of amides is 2. The van der Waals surface area contributed by atoms with E-state index in [0.717, 1.165) is 29.5 Å². The summed E-state index contributed by atoms with van der Waals surface area (Å²) in [6.45, 7) is 2.20. The fraction of sp³-hybridized carbons (Fsp3) is 0.267. The fourth-order valence-corrected chi connectivity index (χ4v) is 6.09. The van der Waals surface area contributed by atoms with Gasteiger partial charge in [-0.3, -0.25) is 9.69 Å². The number of nitrogens with zero attached hydrogens (tertiary/aromatic N) is 3. The highest BCUT2D eigenvalue weighted by Crippen LogP contribution is 2.46. The molecule has 9 nitrogen and oxygen atoms in total. The first-order chi connectivity index (χ1) is 18.9. The molecule has 0 fully saturated rings. The number of anilines is 2. The van der Waals surface area contributed by atoms with E-state index in [4.69, 9.17) is 9.72 Å². The van der Waals surface area contributed by atoms with Crippen LogP contribution in [0.2, 0.25) is 0 Å². The molecule has 0 saturated carbocycles. The smallest absolute Gasteiger partial charge is 0.343 e. The van der Waals surface area contributed by atoms with Gasteiger partial charge >= 0.3 is 12.0 Å². The average molecular weight is 523 g/mol. The van der Waals surface area contributed by atoms with Crippen LogP contribution in [0.5, 0.6) is 0 Å². The van der Waals surface area contributed by atoms with Gasteiger partial charge in [-0.05, 0) is 43.0 Å². The number of rotatable bonds is 5. The molecule has 0 aliphatic carbocycles. The van der Waals surface area contributed by atoms with Crippen molar-refractivity contribution in [2.75, 3.05) is 16.8 Å². The van der Waals surface area contributed by atoms with Crippen molar-refractivity contribution in [2.45, 2.75) is 44.9 Å². The van der Waals surface area contributed by atoms with Gasteiger partial charge in [-0.2, -0.15) is 0 Å². The van der Waals surface area contributed by atoms with E-state index >= 15 is 0 Å². The van der Waals surface area contributed by atoms with Crippen LogP contribution in [0, 0.1) is 0 Å². The number of urea groups is 1. The van der Waals surface area contributed by atoms with E-state index in [1.54, 1.807) is 22.5 Å². The maximum Gasteiger partial charge on any atom is 0.343 e. The summed E-state index contributed by atoms with van der Waals surface area (Å²) in [6.07, 6.45) is 1.64. The standard InChI is InChI=1S/C30H26N4O5/c1-2-30(38)20-14-23-25-18(15-34(23)27(35)19(20)16-39-28(30)36)26-24-21(31-25)11-6-12-22(24)32-29(37)33(26)13-7-10-17-8-4-3-5-9-17/h3-6,8-9,11-12,14,38H,2,7,10,13,15-16H2,1H3,(H,32,37)/t30-/m0/s1.